The highest BCUT2D eigenvalue weighted by Crippen LogP contribution is 2.19. The molecular weight excluding hydrogens is 288 g/mol. The highest BCUT2D eigenvalue weighted by molar-refractivity contribution is 7.13. The van der Waals surface area contributed by atoms with Crippen molar-refractivity contribution < 1.29 is 4.79 Å². The Kier molecular flexibility index (Phi) is 3.36. The van der Waals surface area contributed by atoms with Crippen LogP contribution in [-0.2, 0) is 7.05 Å². The average molecular weight is 300 g/mol. The second-order valence-corrected chi connectivity index (χ2v) is 5.26. The Morgan fingerprint density at radius 1 is 1.33 bits per heavy atom. The number of hydrogen-bond donors (Lipinski definition) is 2. The van der Waals surface area contributed by atoms with Gasteiger partial charge in [-0.15, -0.1) is 21.5 Å². The molecule has 0 fully saturated rings. The summed E-state index contributed by atoms with van der Waals surface area (Å²) < 4.78 is 1.83. The van der Waals surface area contributed by atoms with Crippen LogP contribution in [-0.4, -0.2) is 25.7 Å². The molecule has 3 rings (SSSR count). The minimum absolute atomic E-state index is 0.283. The third kappa shape index (κ3) is 2.75. The Hall–Kier alpha value is -2.74. The topological polar surface area (TPSA) is 98.7 Å². The zero-order valence-corrected chi connectivity index (χ0v) is 12.0. The van der Waals surface area contributed by atoms with Crippen molar-refractivity contribution in [1.82, 2.24) is 19.7 Å². The molecule has 0 bridgehead atoms. The lowest BCUT2D eigenvalue weighted by atomic mass is 10.2. The van der Waals surface area contributed by atoms with Gasteiger partial charge < -0.3 is 15.6 Å². The summed E-state index contributed by atoms with van der Waals surface area (Å²) in [7, 11) is 1.87. The molecule has 0 aliphatic heterocycles. The van der Waals surface area contributed by atoms with Crippen molar-refractivity contribution in [3.8, 4) is 11.4 Å². The normalized spacial score (nSPS) is 10.5. The summed E-state index contributed by atoms with van der Waals surface area (Å²) in [6.45, 7) is 0. The van der Waals surface area contributed by atoms with E-state index >= 15 is 0 Å². The minimum Gasteiger partial charge on any atom is -0.375 e. The van der Waals surface area contributed by atoms with Crippen LogP contribution in [0.25, 0.3) is 11.4 Å². The smallest absolute Gasteiger partial charge is 0.275 e. The van der Waals surface area contributed by atoms with Crippen molar-refractivity contribution in [1.29, 1.82) is 0 Å². The first-order valence-electron chi connectivity index (χ1n) is 6.10. The standard InChI is InChI=1S/C13H12N6OS/c1-19-7-15-18-11(19)8-2-4-9(5-3-8)16-12(20)10-6-21-13(14)17-10/h2-7H,1H3,(H2,14,17)(H,16,20). The van der Waals surface area contributed by atoms with E-state index < -0.39 is 0 Å². The Balaban J connectivity index is 1.76. The predicted molar refractivity (Wildman–Crippen MR) is 80.9 cm³/mol. The van der Waals surface area contributed by atoms with Crippen LogP contribution in [0.3, 0.4) is 0 Å². The lowest BCUT2D eigenvalue weighted by molar-refractivity contribution is 0.102. The van der Waals surface area contributed by atoms with Gasteiger partial charge in [0.1, 0.15) is 12.0 Å². The number of carbonyl (C=O) groups excluding carboxylic acids is 1. The number of nitrogen functional groups attached to an aromatic ring is 1. The van der Waals surface area contributed by atoms with Gasteiger partial charge in [-0.2, -0.15) is 0 Å². The van der Waals surface area contributed by atoms with E-state index in [0.717, 1.165) is 11.4 Å². The highest BCUT2D eigenvalue weighted by atomic mass is 32.1. The zero-order chi connectivity index (χ0) is 14.8. The fourth-order valence-electron chi connectivity index (χ4n) is 1.83. The van der Waals surface area contributed by atoms with Crippen molar-refractivity contribution in [3.63, 3.8) is 0 Å². The molecule has 0 atom stereocenters. The van der Waals surface area contributed by atoms with Gasteiger partial charge in [-0.3, -0.25) is 4.79 Å². The number of amides is 1. The summed E-state index contributed by atoms with van der Waals surface area (Å²) in [4.78, 5) is 15.9. The summed E-state index contributed by atoms with van der Waals surface area (Å²) in [5.74, 6) is 0.481. The molecule has 3 N–H and O–H groups in total. The molecule has 106 valence electrons. The molecule has 0 aliphatic rings. The van der Waals surface area contributed by atoms with Gasteiger partial charge in [-0.25, -0.2) is 4.98 Å². The maximum Gasteiger partial charge on any atom is 0.275 e. The number of hydrogen-bond acceptors (Lipinski definition) is 6. The quantitative estimate of drug-likeness (QED) is 0.768. The predicted octanol–water partition coefficient (Wildman–Crippen LogP) is 1.77. The molecule has 0 saturated heterocycles. The van der Waals surface area contributed by atoms with E-state index in [1.165, 1.54) is 11.3 Å². The van der Waals surface area contributed by atoms with Crippen molar-refractivity contribution in [3.05, 3.63) is 41.7 Å². The van der Waals surface area contributed by atoms with E-state index in [9.17, 15) is 4.79 Å². The second-order valence-electron chi connectivity index (χ2n) is 4.37. The van der Waals surface area contributed by atoms with Crippen LogP contribution in [0, 0.1) is 0 Å². The molecule has 0 unspecified atom stereocenters. The van der Waals surface area contributed by atoms with Crippen LogP contribution in [0.15, 0.2) is 36.0 Å². The first-order chi connectivity index (χ1) is 10.1. The van der Waals surface area contributed by atoms with Gasteiger partial charge >= 0.3 is 0 Å². The van der Waals surface area contributed by atoms with E-state index in [1.807, 2.05) is 23.7 Å². The van der Waals surface area contributed by atoms with Gasteiger partial charge in [0.05, 0.1) is 0 Å². The van der Waals surface area contributed by atoms with E-state index in [-0.39, 0.29) is 5.91 Å². The summed E-state index contributed by atoms with van der Waals surface area (Å²) in [6.07, 6.45) is 1.64. The van der Waals surface area contributed by atoms with E-state index in [0.29, 0.717) is 16.5 Å². The molecule has 2 aromatic heterocycles. The molecule has 0 aliphatic carbocycles. The Bertz CT molecular complexity index is 776. The number of thiazole rings is 1. The maximum atomic E-state index is 11.9. The molecule has 0 saturated carbocycles. The van der Waals surface area contributed by atoms with Gasteiger partial charge in [-0.05, 0) is 24.3 Å². The molecule has 1 aromatic carbocycles. The highest BCUT2D eigenvalue weighted by Gasteiger charge is 2.10. The Labute approximate surface area is 124 Å². The van der Waals surface area contributed by atoms with E-state index in [4.69, 9.17) is 5.73 Å². The fraction of sp³-hybridized carbons (Fsp3) is 0.0769. The van der Waals surface area contributed by atoms with Crippen LogP contribution in [0.1, 0.15) is 10.5 Å². The van der Waals surface area contributed by atoms with Crippen molar-refractivity contribution in [2.24, 2.45) is 7.05 Å². The molecule has 8 heteroatoms. The number of nitrogens with two attached hydrogens (primary N) is 1. The summed E-state index contributed by atoms with van der Waals surface area (Å²) in [6, 6.07) is 7.35. The first-order valence-corrected chi connectivity index (χ1v) is 6.98. The van der Waals surface area contributed by atoms with Crippen LogP contribution in [0.2, 0.25) is 0 Å². The Morgan fingerprint density at radius 2 is 2.10 bits per heavy atom. The monoisotopic (exact) mass is 300 g/mol. The Morgan fingerprint density at radius 3 is 2.67 bits per heavy atom. The van der Waals surface area contributed by atoms with Crippen LogP contribution < -0.4 is 11.1 Å². The third-order valence-electron chi connectivity index (χ3n) is 2.87. The molecule has 0 spiro atoms. The van der Waals surface area contributed by atoms with E-state index in [1.54, 1.807) is 23.8 Å². The number of aryl methyl sites for hydroxylation is 1. The number of carbonyl (C=O) groups is 1. The van der Waals surface area contributed by atoms with Gasteiger partial charge in [0.15, 0.2) is 11.0 Å². The molecule has 3 aromatic rings. The lowest BCUT2D eigenvalue weighted by Gasteiger charge is -2.05. The molecule has 1 amide bonds. The molecular formula is C13H12N6OS. The number of aromatic nitrogens is 4. The van der Waals surface area contributed by atoms with Crippen molar-refractivity contribution in [2.45, 2.75) is 0 Å². The molecule has 21 heavy (non-hydrogen) atoms. The van der Waals surface area contributed by atoms with Gasteiger partial charge in [0.2, 0.25) is 0 Å². The van der Waals surface area contributed by atoms with Gasteiger partial charge in [0, 0.05) is 23.7 Å². The number of rotatable bonds is 3. The van der Waals surface area contributed by atoms with Gasteiger partial charge in [0.25, 0.3) is 5.91 Å². The zero-order valence-electron chi connectivity index (χ0n) is 11.1. The van der Waals surface area contributed by atoms with Crippen molar-refractivity contribution >= 4 is 28.1 Å². The van der Waals surface area contributed by atoms with Crippen LogP contribution in [0.5, 0.6) is 0 Å². The fourth-order valence-corrected chi connectivity index (χ4v) is 2.38. The van der Waals surface area contributed by atoms with E-state index in [2.05, 4.69) is 20.5 Å². The summed E-state index contributed by atoms with van der Waals surface area (Å²) in [5, 5.41) is 12.6. The molecule has 2 heterocycles. The van der Waals surface area contributed by atoms with Gasteiger partial charge in [-0.1, -0.05) is 0 Å². The minimum atomic E-state index is -0.283. The third-order valence-corrected chi connectivity index (χ3v) is 3.54. The van der Waals surface area contributed by atoms with Crippen molar-refractivity contribution in [2.75, 3.05) is 11.1 Å². The number of benzene rings is 1. The molecule has 0 radical (unpaired) electrons. The number of nitrogens with one attached hydrogen (secondary N) is 1. The SMILES string of the molecule is Cn1cnnc1-c1ccc(NC(=O)c2csc(N)n2)cc1. The summed E-state index contributed by atoms with van der Waals surface area (Å²) in [5.41, 5.74) is 7.43. The largest absolute Gasteiger partial charge is 0.375 e. The number of nitrogens with zero attached hydrogens (tertiary/aromatic N) is 4. The molecule has 7 nitrogen and oxygen atoms in total. The first kappa shape index (κ1) is 13.3. The maximum absolute atomic E-state index is 11.9. The number of anilines is 2. The lowest BCUT2D eigenvalue weighted by Crippen LogP contribution is -2.12. The van der Waals surface area contributed by atoms with Crippen LogP contribution >= 0.6 is 11.3 Å². The average Bonchev–Trinajstić information content (AvgIpc) is 3.08. The second kappa shape index (κ2) is 5.33. The van der Waals surface area contributed by atoms with Crippen LogP contribution in [0.4, 0.5) is 10.8 Å². The summed E-state index contributed by atoms with van der Waals surface area (Å²) >= 11 is 1.23.